The molecule has 0 unspecified atom stereocenters. The minimum Gasteiger partial charge on any atom is -0.478 e. The minimum absolute atomic E-state index is 0.112. The number of amides is 1. The Morgan fingerprint density at radius 1 is 1.26 bits per heavy atom. The molecule has 2 aromatic heterocycles. The van der Waals surface area contributed by atoms with Crippen LogP contribution in [-0.4, -0.2) is 22.5 Å². The highest BCUT2D eigenvalue weighted by Gasteiger charge is 2.13. The smallest absolute Gasteiger partial charge is 0.252 e. The van der Waals surface area contributed by atoms with Crippen LogP contribution in [0.4, 0.5) is 0 Å². The van der Waals surface area contributed by atoms with E-state index in [4.69, 9.17) is 4.74 Å². The number of nitrogens with one attached hydrogen (secondary N) is 1. The third-order valence-electron chi connectivity index (χ3n) is 3.74. The van der Waals surface area contributed by atoms with Crippen LogP contribution in [0.15, 0.2) is 52.9 Å². The Morgan fingerprint density at radius 2 is 2.11 bits per heavy atom. The first-order chi connectivity index (χ1) is 13.2. The Bertz CT molecular complexity index is 912. The molecule has 0 bridgehead atoms. The maximum absolute atomic E-state index is 12.7. The Hall–Kier alpha value is -2.38. The summed E-state index contributed by atoms with van der Waals surface area (Å²) in [7, 11) is 0. The van der Waals surface area contributed by atoms with E-state index >= 15 is 0 Å². The first kappa shape index (κ1) is 19.4. The zero-order chi connectivity index (χ0) is 19.1. The quantitative estimate of drug-likeness (QED) is 0.566. The molecule has 140 valence electrons. The van der Waals surface area contributed by atoms with Gasteiger partial charge in [0.2, 0.25) is 5.88 Å². The number of pyridine rings is 1. The van der Waals surface area contributed by atoms with E-state index in [0.717, 1.165) is 26.9 Å². The number of thioether (sulfide) groups is 1. The molecule has 5 nitrogen and oxygen atoms in total. The van der Waals surface area contributed by atoms with Crippen molar-refractivity contribution in [3.05, 3.63) is 69.8 Å². The summed E-state index contributed by atoms with van der Waals surface area (Å²) in [4.78, 5) is 22.4. The highest BCUT2D eigenvalue weighted by Crippen LogP contribution is 2.27. The predicted molar refractivity (Wildman–Crippen MR) is 109 cm³/mol. The number of thiazole rings is 1. The molecule has 0 saturated carbocycles. The predicted octanol–water partition coefficient (Wildman–Crippen LogP) is 4.47. The van der Waals surface area contributed by atoms with E-state index in [2.05, 4.69) is 20.7 Å². The number of rotatable bonds is 8. The summed E-state index contributed by atoms with van der Waals surface area (Å²) in [5, 5.41) is 6.08. The van der Waals surface area contributed by atoms with E-state index in [1.54, 1.807) is 29.3 Å². The molecule has 0 radical (unpaired) electrons. The van der Waals surface area contributed by atoms with Gasteiger partial charge in [-0.05, 0) is 32.0 Å². The molecule has 0 atom stereocenters. The number of carbonyl (C=O) groups excluding carboxylic acids is 1. The van der Waals surface area contributed by atoms with Crippen LogP contribution in [0.5, 0.6) is 5.88 Å². The lowest BCUT2D eigenvalue weighted by Gasteiger charge is -2.11. The normalized spacial score (nSPS) is 10.6. The van der Waals surface area contributed by atoms with E-state index in [0.29, 0.717) is 24.6 Å². The fraction of sp³-hybridized carbons (Fsp3) is 0.250. The zero-order valence-corrected chi connectivity index (χ0v) is 16.9. The molecule has 27 heavy (non-hydrogen) atoms. The highest BCUT2D eigenvalue weighted by molar-refractivity contribution is 7.98. The molecule has 2 heterocycles. The van der Waals surface area contributed by atoms with Gasteiger partial charge in [0.25, 0.3) is 5.91 Å². The summed E-state index contributed by atoms with van der Waals surface area (Å²) in [6.45, 7) is 4.81. The average Bonchev–Trinajstić information content (AvgIpc) is 3.11. The molecule has 3 rings (SSSR count). The molecule has 0 aliphatic heterocycles. The maximum atomic E-state index is 12.7. The van der Waals surface area contributed by atoms with Crippen molar-refractivity contribution in [2.24, 2.45) is 0 Å². The Balaban J connectivity index is 1.66. The molecule has 0 spiro atoms. The topological polar surface area (TPSA) is 64.1 Å². The van der Waals surface area contributed by atoms with E-state index in [1.165, 1.54) is 0 Å². The molecule has 1 N–H and O–H groups in total. The van der Waals surface area contributed by atoms with Gasteiger partial charge >= 0.3 is 0 Å². The van der Waals surface area contributed by atoms with Gasteiger partial charge in [0, 0.05) is 34.3 Å². The van der Waals surface area contributed by atoms with Gasteiger partial charge < -0.3 is 10.1 Å². The first-order valence-electron chi connectivity index (χ1n) is 8.65. The van der Waals surface area contributed by atoms with Crippen LogP contribution in [0.2, 0.25) is 0 Å². The Kier molecular flexibility index (Phi) is 6.84. The number of ether oxygens (including phenoxy) is 1. The molecule has 1 aromatic carbocycles. The molecule has 1 amide bonds. The molecule has 7 heteroatoms. The van der Waals surface area contributed by atoms with Crippen molar-refractivity contribution in [2.45, 2.75) is 31.0 Å². The lowest BCUT2D eigenvalue weighted by Crippen LogP contribution is -2.23. The molecule has 0 saturated heterocycles. The van der Waals surface area contributed by atoms with Gasteiger partial charge in [-0.2, -0.15) is 0 Å². The molecular formula is C20H21N3O2S2. The van der Waals surface area contributed by atoms with E-state index in [9.17, 15) is 4.79 Å². The van der Waals surface area contributed by atoms with Crippen molar-refractivity contribution in [1.82, 2.24) is 15.3 Å². The van der Waals surface area contributed by atoms with Crippen molar-refractivity contribution in [1.29, 1.82) is 0 Å². The van der Waals surface area contributed by atoms with Crippen LogP contribution in [0.3, 0.4) is 0 Å². The van der Waals surface area contributed by atoms with Crippen molar-refractivity contribution >= 4 is 29.0 Å². The highest BCUT2D eigenvalue weighted by atomic mass is 32.2. The van der Waals surface area contributed by atoms with Crippen LogP contribution in [0.25, 0.3) is 0 Å². The van der Waals surface area contributed by atoms with Gasteiger partial charge in [-0.25, -0.2) is 9.97 Å². The summed E-state index contributed by atoms with van der Waals surface area (Å²) < 4.78 is 5.52. The number of carbonyl (C=O) groups is 1. The second-order valence-electron chi connectivity index (χ2n) is 5.73. The van der Waals surface area contributed by atoms with Gasteiger partial charge in [-0.3, -0.25) is 4.79 Å². The number of aryl methyl sites for hydroxylation is 1. The largest absolute Gasteiger partial charge is 0.478 e. The number of nitrogens with zero attached hydrogens (tertiary/aromatic N) is 2. The fourth-order valence-corrected chi connectivity index (χ4v) is 4.16. The maximum Gasteiger partial charge on any atom is 0.252 e. The van der Waals surface area contributed by atoms with E-state index in [-0.39, 0.29) is 5.91 Å². The Labute approximate surface area is 167 Å². The van der Waals surface area contributed by atoms with Crippen molar-refractivity contribution in [2.75, 3.05) is 6.61 Å². The first-order valence-corrected chi connectivity index (χ1v) is 10.5. The van der Waals surface area contributed by atoms with Crippen molar-refractivity contribution in [3.63, 3.8) is 0 Å². The summed E-state index contributed by atoms with van der Waals surface area (Å²) in [6, 6.07) is 11.4. The number of aromatic nitrogens is 2. The summed E-state index contributed by atoms with van der Waals surface area (Å²) in [5.74, 6) is 1.19. The van der Waals surface area contributed by atoms with Crippen LogP contribution in [0.1, 0.15) is 33.5 Å². The molecule has 3 aromatic rings. The van der Waals surface area contributed by atoms with E-state index in [1.807, 2.05) is 50.2 Å². The van der Waals surface area contributed by atoms with Crippen LogP contribution >= 0.6 is 23.1 Å². The third-order valence-corrected chi connectivity index (χ3v) is 5.67. The standard InChI is InChI=1S/C20H21N3O2S2/c1-3-25-20-15(7-6-10-21-20)11-22-19(24)17-8-4-5-9-18(17)27-13-16-12-26-14(2)23-16/h4-10,12H,3,11,13H2,1-2H3,(H,22,24). The van der Waals surface area contributed by atoms with Crippen molar-refractivity contribution < 1.29 is 9.53 Å². The fourth-order valence-electron chi connectivity index (χ4n) is 2.50. The lowest BCUT2D eigenvalue weighted by atomic mass is 10.2. The molecule has 0 fully saturated rings. The van der Waals surface area contributed by atoms with Gasteiger partial charge in [0.1, 0.15) is 0 Å². The van der Waals surface area contributed by atoms with Crippen LogP contribution in [-0.2, 0) is 12.3 Å². The van der Waals surface area contributed by atoms with Gasteiger partial charge in [-0.15, -0.1) is 23.1 Å². The lowest BCUT2D eigenvalue weighted by molar-refractivity contribution is 0.0947. The molecular weight excluding hydrogens is 378 g/mol. The monoisotopic (exact) mass is 399 g/mol. The van der Waals surface area contributed by atoms with Gasteiger partial charge in [0.05, 0.1) is 22.9 Å². The van der Waals surface area contributed by atoms with Gasteiger partial charge in [-0.1, -0.05) is 18.2 Å². The minimum atomic E-state index is -0.112. The molecule has 0 aliphatic rings. The second-order valence-corrected chi connectivity index (χ2v) is 7.81. The van der Waals surface area contributed by atoms with Crippen LogP contribution in [0, 0.1) is 6.92 Å². The summed E-state index contributed by atoms with van der Waals surface area (Å²) >= 11 is 3.26. The van der Waals surface area contributed by atoms with Gasteiger partial charge in [0.15, 0.2) is 0 Å². The summed E-state index contributed by atoms with van der Waals surface area (Å²) in [5.41, 5.74) is 2.56. The molecule has 0 aliphatic carbocycles. The number of benzene rings is 1. The average molecular weight is 400 g/mol. The number of hydrogen-bond acceptors (Lipinski definition) is 6. The Morgan fingerprint density at radius 3 is 2.89 bits per heavy atom. The third kappa shape index (κ3) is 5.30. The van der Waals surface area contributed by atoms with E-state index < -0.39 is 0 Å². The number of hydrogen-bond donors (Lipinski definition) is 1. The second kappa shape index (κ2) is 9.53. The zero-order valence-electron chi connectivity index (χ0n) is 15.3. The van der Waals surface area contributed by atoms with Crippen LogP contribution < -0.4 is 10.1 Å². The van der Waals surface area contributed by atoms with Crippen molar-refractivity contribution in [3.8, 4) is 5.88 Å². The SMILES string of the molecule is CCOc1ncccc1CNC(=O)c1ccccc1SCc1csc(C)n1. The summed E-state index contributed by atoms with van der Waals surface area (Å²) in [6.07, 6.45) is 1.68.